The number of carbonyl (C=O) groups excluding carboxylic acids is 3. The van der Waals surface area contributed by atoms with Crippen molar-refractivity contribution >= 4 is 17.9 Å². The quantitative estimate of drug-likeness (QED) is 0.0263. The molecule has 0 aliphatic heterocycles. The van der Waals surface area contributed by atoms with Crippen molar-refractivity contribution in [3.63, 3.8) is 0 Å². The highest BCUT2D eigenvalue weighted by Crippen LogP contribution is 2.15. The third-order valence-electron chi connectivity index (χ3n) is 11.1. The van der Waals surface area contributed by atoms with Gasteiger partial charge in [-0.2, -0.15) is 0 Å². The van der Waals surface area contributed by atoms with Crippen molar-refractivity contribution in [3.05, 3.63) is 48.6 Å². The number of ether oxygens (including phenoxy) is 3. The molecule has 0 heterocycles. The molecule has 0 aromatic carbocycles. The Labute approximate surface area is 371 Å². The maximum atomic E-state index is 12.7. The fourth-order valence-corrected chi connectivity index (χ4v) is 7.26. The second-order valence-electron chi connectivity index (χ2n) is 17.1. The van der Waals surface area contributed by atoms with E-state index in [2.05, 4.69) is 69.4 Å². The molecule has 1 atom stereocenters. The molecule has 0 aromatic rings. The highest BCUT2D eigenvalue weighted by Gasteiger charge is 2.19. The Morgan fingerprint density at radius 1 is 0.350 bits per heavy atom. The smallest absolute Gasteiger partial charge is 0.306 e. The Morgan fingerprint density at radius 2 is 0.650 bits per heavy atom. The van der Waals surface area contributed by atoms with E-state index in [4.69, 9.17) is 14.2 Å². The number of allylic oxidation sites excluding steroid dienone is 8. The molecule has 0 aromatic heterocycles. The van der Waals surface area contributed by atoms with Crippen LogP contribution in [0.25, 0.3) is 0 Å². The first-order valence-corrected chi connectivity index (χ1v) is 25.6. The van der Waals surface area contributed by atoms with Gasteiger partial charge in [0.15, 0.2) is 6.10 Å². The molecule has 1 unspecified atom stereocenters. The van der Waals surface area contributed by atoms with E-state index in [1.807, 2.05) is 0 Å². The van der Waals surface area contributed by atoms with Gasteiger partial charge in [-0.25, -0.2) is 0 Å². The Balaban J connectivity index is 4.22. The van der Waals surface area contributed by atoms with E-state index in [1.54, 1.807) is 0 Å². The van der Waals surface area contributed by atoms with Crippen LogP contribution in [-0.2, 0) is 28.6 Å². The number of esters is 3. The minimum absolute atomic E-state index is 0.0729. The summed E-state index contributed by atoms with van der Waals surface area (Å²) in [4.78, 5) is 37.8. The van der Waals surface area contributed by atoms with Crippen molar-refractivity contribution in [3.8, 4) is 0 Å². The van der Waals surface area contributed by atoms with E-state index in [-0.39, 0.29) is 31.1 Å². The van der Waals surface area contributed by atoms with Gasteiger partial charge in [0.1, 0.15) is 13.2 Å². The Morgan fingerprint density at radius 3 is 1.02 bits per heavy atom. The van der Waals surface area contributed by atoms with Gasteiger partial charge >= 0.3 is 17.9 Å². The van der Waals surface area contributed by atoms with Crippen LogP contribution >= 0.6 is 0 Å². The molecule has 0 saturated heterocycles. The number of carbonyl (C=O) groups is 3. The summed E-state index contributed by atoms with van der Waals surface area (Å²) in [6.45, 7) is 6.49. The minimum atomic E-state index is -0.769. The largest absolute Gasteiger partial charge is 0.462 e. The predicted octanol–water partition coefficient (Wildman–Crippen LogP) is 16.7. The van der Waals surface area contributed by atoms with E-state index in [0.29, 0.717) is 19.3 Å². The van der Waals surface area contributed by atoms with Crippen LogP contribution in [0.5, 0.6) is 0 Å². The molecule has 0 spiro atoms. The molecule has 0 saturated carbocycles. The SMILES string of the molecule is CC/C=C\C/C=C\C/C=C\C/C=C\CCCCCCCCCCC(=O)OCC(COC(=O)CCCCCCCCC)OC(=O)CCCCCCCCCCCCCCCC. The lowest BCUT2D eigenvalue weighted by molar-refractivity contribution is -0.167. The highest BCUT2D eigenvalue weighted by atomic mass is 16.6. The number of rotatable bonds is 46. The molecule has 0 bridgehead atoms. The fourth-order valence-electron chi connectivity index (χ4n) is 7.26. The van der Waals surface area contributed by atoms with Crippen molar-refractivity contribution < 1.29 is 28.6 Å². The van der Waals surface area contributed by atoms with Gasteiger partial charge in [0.05, 0.1) is 0 Å². The molecule has 0 aliphatic carbocycles. The van der Waals surface area contributed by atoms with Crippen LogP contribution in [0, 0.1) is 0 Å². The minimum Gasteiger partial charge on any atom is -0.462 e. The van der Waals surface area contributed by atoms with Crippen molar-refractivity contribution in [1.29, 1.82) is 0 Å². The average molecular weight is 841 g/mol. The third kappa shape index (κ3) is 46.4. The lowest BCUT2D eigenvalue weighted by atomic mass is 10.0. The van der Waals surface area contributed by atoms with E-state index in [0.717, 1.165) is 89.9 Å². The molecular weight excluding hydrogens is 745 g/mol. The molecule has 0 aliphatic rings. The van der Waals surface area contributed by atoms with Crippen molar-refractivity contribution in [2.24, 2.45) is 0 Å². The average Bonchev–Trinajstić information content (AvgIpc) is 3.24. The van der Waals surface area contributed by atoms with Gasteiger partial charge in [-0.3, -0.25) is 14.4 Å². The van der Waals surface area contributed by atoms with Crippen molar-refractivity contribution in [2.75, 3.05) is 13.2 Å². The lowest BCUT2D eigenvalue weighted by Gasteiger charge is -2.18. The molecule has 0 fully saturated rings. The zero-order chi connectivity index (χ0) is 43.7. The second kappa shape index (κ2) is 49.0. The summed E-state index contributed by atoms with van der Waals surface area (Å²) in [7, 11) is 0. The van der Waals surface area contributed by atoms with Gasteiger partial charge in [0.2, 0.25) is 0 Å². The predicted molar refractivity (Wildman–Crippen MR) is 256 cm³/mol. The molecule has 0 rings (SSSR count). The van der Waals surface area contributed by atoms with Gasteiger partial charge in [-0.05, 0) is 57.8 Å². The van der Waals surface area contributed by atoms with Gasteiger partial charge < -0.3 is 14.2 Å². The van der Waals surface area contributed by atoms with Crippen LogP contribution in [0.3, 0.4) is 0 Å². The topological polar surface area (TPSA) is 78.9 Å². The first-order valence-electron chi connectivity index (χ1n) is 25.6. The first kappa shape index (κ1) is 57.4. The molecule has 6 heteroatoms. The zero-order valence-corrected chi connectivity index (χ0v) is 39.7. The summed E-state index contributed by atoms with van der Waals surface area (Å²) in [5, 5.41) is 0. The zero-order valence-electron chi connectivity index (χ0n) is 39.7. The van der Waals surface area contributed by atoms with Crippen LogP contribution < -0.4 is 0 Å². The second-order valence-corrected chi connectivity index (χ2v) is 17.1. The number of unbranched alkanes of at least 4 members (excludes halogenated alkanes) is 27. The van der Waals surface area contributed by atoms with Crippen LogP contribution in [-0.4, -0.2) is 37.2 Å². The van der Waals surface area contributed by atoms with E-state index in [1.165, 1.54) is 128 Å². The summed E-state index contributed by atoms with van der Waals surface area (Å²) < 4.78 is 16.7. The Hall–Kier alpha value is -2.63. The van der Waals surface area contributed by atoms with Crippen LogP contribution in [0.4, 0.5) is 0 Å². The molecule has 60 heavy (non-hydrogen) atoms. The molecular formula is C54H96O6. The van der Waals surface area contributed by atoms with E-state index < -0.39 is 6.10 Å². The molecule has 348 valence electrons. The molecule has 0 N–H and O–H groups in total. The molecule has 0 radical (unpaired) electrons. The fraction of sp³-hybridized carbons (Fsp3) is 0.796. The summed E-state index contributed by atoms with van der Waals surface area (Å²) >= 11 is 0. The van der Waals surface area contributed by atoms with Crippen LogP contribution in [0.1, 0.15) is 258 Å². The molecule has 0 amide bonds. The highest BCUT2D eigenvalue weighted by molar-refractivity contribution is 5.71. The lowest BCUT2D eigenvalue weighted by Crippen LogP contribution is -2.30. The van der Waals surface area contributed by atoms with Gasteiger partial charge in [0, 0.05) is 19.3 Å². The molecule has 6 nitrogen and oxygen atoms in total. The third-order valence-corrected chi connectivity index (χ3v) is 11.1. The maximum absolute atomic E-state index is 12.7. The summed E-state index contributed by atoms with van der Waals surface area (Å²) in [6, 6.07) is 0. The summed E-state index contributed by atoms with van der Waals surface area (Å²) in [5.41, 5.74) is 0. The standard InChI is InChI=1S/C54H96O6/c1-4-7-10-13-16-18-20-22-24-25-26-27-28-29-30-32-33-35-38-41-44-47-53(56)59-50-51(49-58-52(55)46-43-40-37-15-12-9-6-3)60-54(57)48-45-42-39-36-34-31-23-21-19-17-14-11-8-5-2/h7,10,16,18,22,24,26-27,51H,4-6,8-9,11-15,17,19-21,23,25,28-50H2,1-3H3/b10-7-,18-16-,24-22-,27-26-. The normalized spacial score (nSPS) is 12.4. The summed E-state index contributed by atoms with van der Waals surface area (Å²) in [6.07, 6.45) is 58.2. The van der Waals surface area contributed by atoms with E-state index >= 15 is 0 Å². The van der Waals surface area contributed by atoms with Gasteiger partial charge in [-0.15, -0.1) is 0 Å². The van der Waals surface area contributed by atoms with Crippen LogP contribution in [0.15, 0.2) is 48.6 Å². The van der Waals surface area contributed by atoms with Gasteiger partial charge in [-0.1, -0.05) is 230 Å². The van der Waals surface area contributed by atoms with Crippen molar-refractivity contribution in [1.82, 2.24) is 0 Å². The van der Waals surface area contributed by atoms with Gasteiger partial charge in [0.25, 0.3) is 0 Å². The number of hydrogen-bond donors (Lipinski definition) is 0. The first-order chi connectivity index (χ1) is 29.5. The van der Waals surface area contributed by atoms with Crippen LogP contribution in [0.2, 0.25) is 0 Å². The van der Waals surface area contributed by atoms with Crippen molar-refractivity contribution in [2.45, 2.75) is 264 Å². The maximum Gasteiger partial charge on any atom is 0.306 e. The van der Waals surface area contributed by atoms with E-state index in [9.17, 15) is 14.4 Å². The summed E-state index contributed by atoms with van der Waals surface area (Å²) in [5.74, 6) is -0.880. The monoisotopic (exact) mass is 841 g/mol. The Kier molecular flexibility index (Phi) is 46.9. The number of hydrogen-bond acceptors (Lipinski definition) is 6. The Bertz CT molecular complexity index is 1060.